The van der Waals surface area contributed by atoms with Crippen molar-refractivity contribution in [2.24, 2.45) is 0 Å². The Balaban J connectivity index is 0.000000162. The second kappa shape index (κ2) is 9.58. The fourth-order valence-corrected chi connectivity index (χ4v) is 2.35. The predicted molar refractivity (Wildman–Crippen MR) is 41.0 cm³/mol. The molecule has 0 atom stereocenters. The van der Waals surface area contributed by atoms with Gasteiger partial charge in [0.1, 0.15) is 0 Å². The number of rotatable bonds is 2. The monoisotopic (exact) mass is 194 g/mol. The third-order valence-electron chi connectivity index (χ3n) is 1.53. The van der Waals surface area contributed by atoms with Crippen LogP contribution in [0.5, 0.6) is 0 Å². The first-order valence-corrected chi connectivity index (χ1v) is 8.69. The standard InChI is InChI=1S/C4H8O.2C2H5.Zn/c1-2-4-5-3-1;2*1-2;/h1-4H2;2*1H2,2H3;. The molecule has 0 aromatic rings. The molecule has 1 saturated heterocycles. The summed E-state index contributed by atoms with van der Waals surface area (Å²) in [5.41, 5.74) is 0. The van der Waals surface area contributed by atoms with Gasteiger partial charge in [-0.25, -0.2) is 0 Å². The van der Waals surface area contributed by atoms with Crippen LogP contribution in [0.4, 0.5) is 0 Å². The third kappa shape index (κ3) is 8.58. The molecule has 0 radical (unpaired) electrons. The molecule has 0 aromatic carbocycles. The van der Waals surface area contributed by atoms with Gasteiger partial charge in [0.2, 0.25) is 0 Å². The van der Waals surface area contributed by atoms with Crippen molar-refractivity contribution in [2.75, 3.05) is 13.2 Å². The van der Waals surface area contributed by atoms with Gasteiger partial charge >= 0.3 is 41.0 Å². The fourth-order valence-electron chi connectivity index (χ4n) is 0.864. The molecule has 58 valence electrons. The molecule has 1 aliphatic heterocycles. The van der Waals surface area contributed by atoms with Gasteiger partial charge in [-0.15, -0.1) is 0 Å². The van der Waals surface area contributed by atoms with Crippen molar-refractivity contribution in [3.05, 3.63) is 0 Å². The molecule has 1 rings (SSSR count). The molecule has 1 aliphatic rings. The van der Waals surface area contributed by atoms with Crippen LogP contribution in [0.25, 0.3) is 0 Å². The van der Waals surface area contributed by atoms with E-state index < -0.39 is 0 Å². The minimum absolute atomic E-state index is 0.0972. The maximum absolute atomic E-state index is 4.94. The molecule has 0 amide bonds. The van der Waals surface area contributed by atoms with Gasteiger partial charge in [-0.05, 0) is 12.8 Å². The molecule has 2 heteroatoms. The zero-order chi connectivity index (χ0) is 7.66. The summed E-state index contributed by atoms with van der Waals surface area (Å²) in [6.07, 6.45) is 2.56. The molecule has 1 fully saturated rings. The Bertz CT molecular complexity index is 43.6. The molecule has 0 bridgehead atoms. The van der Waals surface area contributed by atoms with Crippen LogP contribution in [-0.2, 0) is 21.9 Å². The summed E-state index contributed by atoms with van der Waals surface area (Å²) in [6, 6.07) is 0. The molecule has 10 heavy (non-hydrogen) atoms. The Hall–Kier alpha value is 0.583. The van der Waals surface area contributed by atoms with Crippen LogP contribution in [0.15, 0.2) is 0 Å². The molecule has 0 aliphatic carbocycles. The van der Waals surface area contributed by atoms with Crippen LogP contribution in [0.1, 0.15) is 26.7 Å². The Labute approximate surface area is 72.1 Å². The van der Waals surface area contributed by atoms with Crippen molar-refractivity contribution in [1.29, 1.82) is 0 Å². The SMILES string of the molecule is C1CCOC1.C[CH2][Zn][CH2]C. The second-order valence-corrected chi connectivity index (χ2v) is 8.35. The van der Waals surface area contributed by atoms with E-state index in [4.69, 9.17) is 4.74 Å². The zero-order valence-electron chi connectivity index (χ0n) is 7.36. The topological polar surface area (TPSA) is 9.23 Å². The fraction of sp³-hybridized carbons (Fsp3) is 1.00. The van der Waals surface area contributed by atoms with Gasteiger partial charge in [0, 0.05) is 13.2 Å². The number of ether oxygens (including phenoxy) is 1. The van der Waals surface area contributed by atoms with Crippen LogP contribution < -0.4 is 0 Å². The Morgan fingerprint density at radius 1 is 1.10 bits per heavy atom. The van der Waals surface area contributed by atoms with Crippen molar-refractivity contribution in [3.8, 4) is 0 Å². The molecule has 0 unspecified atom stereocenters. The summed E-state index contributed by atoms with van der Waals surface area (Å²) < 4.78 is 4.94. The summed E-state index contributed by atoms with van der Waals surface area (Å²) >= 11 is 0.0972. The van der Waals surface area contributed by atoms with Gasteiger partial charge in [0.05, 0.1) is 0 Å². The quantitative estimate of drug-likeness (QED) is 0.616. The van der Waals surface area contributed by atoms with Crippen molar-refractivity contribution in [1.82, 2.24) is 0 Å². The van der Waals surface area contributed by atoms with E-state index in [1.54, 1.807) is 0 Å². The Morgan fingerprint density at radius 2 is 1.60 bits per heavy atom. The summed E-state index contributed by atoms with van der Waals surface area (Å²) in [4.78, 5) is 0. The molecule has 0 N–H and O–H groups in total. The average Bonchev–Trinajstić information content (AvgIpc) is 2.44. The molecular weight excluding hydrogens is 177 g/mol. The Kier molecular flexibility index (Phi) is 10.1. The first kappa shape index (κ1) is 10.6. The molecule has 0 aromatic heterocycles. The van der Waals surface area contributed by atoms with Crippen molar-refractivity contribution in [3.63, 3.8) is 0 Å². The molecule has 1 heterocycles. The van der Waals surface area contributed by atoms with E-state index in [1.165, 1.54) is 22.9 Å². The van der Waals surface area contributed by atoms with E-state index >= 15 is 0 Å². The zero-order valence-corrected chi connectivity index (χ0v) is 10.3. The van der Waals surface area contributed by atoms with Gasteiger partial charge in [-0.2, -0.15) is 0 Å². The van der Waals surface area contributed by atoms with Crippen LogP contribution in [-0.4, -0.2) is 13.2 Å². The van der Waals surface area contributed by atoms with Gasteiger partial charge in [-0.1, -0.05) is 0 Å². The summed E-state index contributed by atoms with van der Waals surface area (Å²) in [7, 11) is 0. The summed E-state index contributed by atoms with van der Waals surface area (Å²) in [5, 5.41) is 3.06. The van der Waals surface area contributed by atoms with Gasteiger partial charge in [-0.3, -0.25) is 0 Å². The number of hydrogen-bond donors (Lipinski definition) is 0. The molecular formula is C8H18OZn. The Morgan fingerprint density at radius 3 is 1.70 bits per heavy atom. The molecule has 0 spiro atoms. The van der Waals surface area contributed by atoms with E-state index in [0.717, 1.165) is 13.2 Å². The van der Waals surface area contributed by atoms with Crippen LogP contribution >= 0.6 is 0 Å². The third-order valence-corrected chi connectivity index (χ3v) is 4.50. The van der Waals surface area contributed by atoms with Gasteiger partial charge < -0.3 is 4.74 Å². The van der Waals surface area contributed by atoms with Crippen LogP contribution in [0, 0.1) is 0 Å². The molecule has 0 saturated carbocycles. The number of hydrogen-bond acceptors (Lipinski definition) is 1. The molecule has 1 nitrogen and oxygen atoms in total. The van der Waals surface area contributed by atoms with E-state index in [1.807, 2.05) is 0 Å². The van der Waals surface area contributed by atoms with E-state index in [2.05, 4.69) is 13.8 Å². The van der Waals surface area contributed by atoms with Gasteiger partial charge in [0.15, 0.2) is 0 Å². The van der Waals surface area contributed by atoms with Crippen molar-refractivity contribution in [2.45, 2.75) is 36.7 Å². The second-order valence-electron chi connectivity index (χ2n) is 2.67. The van der Waals surface area contributed by atoms with Gasteiger partial charge in [0.25, 0.3) is 0 Å². The predicted octanol–water partition coefficient (Wildman–Crippen LogP) is 2.74. The van der Waals surface area contributed by atoms with Crippen LogP contribution in [0.2, 0.25) is 10.0 Å². The van der Waals surface area contributed by atoms with Crippen molar-refractivity contribution < 1.29 is 21.9 Å². The van der Waals surface area contributed by atoms with E-state index in [9.17, 15) is 0 Å². The summed E-state index contributed by atoms with van der Waals surface area (Å²) in [6.45, 7) is 6.59. The minimum atomic E-state index is 0.0972. The summed E-state index contributed by atoms with van der Waals surface area (Å²) in [5.74, 6) is 0. The normalized spacial score (nSPS) is 15.4. The average molecular weight is 196 g/mol. The van der Waals surface area contributed by atoms with Crippen LogP contribution in [0.3, 0.4) is 0 Å². The van der Waals surface area contributed by atoms with Crippen molar-refractivity contribution >= 4 is 0 Å². The van der Waals surface area contributed by atoms with E-state index in [-0.39, 0.29) is 17.1 Å². The maximum atomic E-state index is 4.94. The first-order valence-electron chi connectivity index (χ1n) is 4.49. The van der Waals surface area contributed by atoms with E-state index in [0.29, 0.717) is 0 Å². The first-order chi connectivity index (χ1) is 4.91.